The van der Waals surface area contributed by atoms with Crippen LogP contribution in [0.1, 0.15) is 24.6 Å². The molecule has 0 aliphatic carbocycles. The Hall–Kier alpha value is -3.22. The van der Waals surface area contributed by atoms with Crippen LogP contribution in [0, 0.1) is 0 Å². The van der Waals surface area contributed by atoms with Crippen LogP contribution in [0.2, 0.25) is 0 Å². The van der Waals surface area contributed by atoms with Gasteiger partial charge in [0.25, 0.3) is 5.56 Å². The normalized spacial score (nSPS) is 13.0. The van der Waals surface area contributed by atoms with Crippen molar-refractivity contribution in [3.05, 3.63) is 69.8 Å². The van der Waals surface area contributed by atoms with Crippen molar-refractivity contribution in [1.82, 2.24) is 4.57 Å². The summed E-state index contributed by atoms with van der Waals surface area (Å²) in [6.45, 7) is 2.87. The van der Waals surface area contributed by atoms with E-state index in [2.05, 4.69) is 0 Å². The standard InChI is InChI=1S/C22H25NO6/c1-3-27-22(25)20(29-15-16-6-9-18(26-2)10-7-16)12-14-28-19-11-8-17-5-4-13-23(17)21(19)24/h6-12H,3-5,13-15H2,1-2H3/b20-12+. The van der Waals surface area contributed by atoms with Crippen molar-refractivity contribution in [2.45, 2.75) is 32.9 Å². The highest BCUT2D eigenvalue weighted by Gasteiger charge is 2.16. The third-order valence-corrected chi connectivity index (χ3v) is 4.58. The van der Waals surface area contributed by atoms with Gasteiger partial charge in [-0.2, -0.15) is 0 Å². The number of hydrogen-bond donors (Lipinski definition) is 0. The summed E-state index contributed by atoms with van der Waals surface area (Å²) in [5.74, 6) is 0.466. The summed E-state index contributed by atoms with van der Waals surface area (Å²) >= 11 is 0. The van der Waals surface area contributed by atoms with Crippen LogP contribution in [0.5, 0.6) is 11.5 Å². The smallest absolute Gasteiger partial charge is 0.373 e. The summed E-state index contributed by atoms with van der Waals surface area (Å²) in [7, 11) is 1.60. The molecule has 1 aromatic heterocycles. The largest absolute Gasteiger partial charge is 0.497 e. The molecule has 1 aromatic carbocycles. The number of esters is 1. The molecule has 0 N–H and O–H groups in total. The van der Waals surface area contributed by atoms with Gasteiger partial charge in [0.05, 0.1) is 13.7 Å². The lowest BCUT2D eigenvalue weighted by Gasteiger charge is -2.11. The van der Waals surface area contributed by atoms with Gasteiger partial charge < -0.3 is 23.5 Å². The number of hydrogen-bond acceptors (Lipinski definition) is 6. The number of methoxy groups -OCH3 is 1. The number of nitrogens with zero attached hydrogens (tertiary/aromatic N) is 1. The zero-order valence-corrected chi connectivity index (χ0v) is 16.7. The van der Waals surface area contributed by atoms with Crippen LogP contribution in [-0.4, -0.2) is 30.9 Å². The molecule has 7 nitrogen and oxygen atoms in total. The van der Waals surface area contributed by atoms with Gasteiger partial charge in [0.2, 0.25) is 5.76 Å². The van der Waals surface area contributed by atoms with Gasteiger partial charge in [-0.1, -0.05) is 12.1 Å². The van der Waals surface area contributed by atoms with Crippen LogP contribution in [0.4, 0.5) is 0 Å². The van der Waals surface area contributed by atoms with Crippen LogP contribution in [0.25, 0.3) is 0 Å². The van der Waals surface area contributed by atoms with E-state index in [1.54, 1.807) is 24.7 Å². The minimum absolute atomic E-state index is 0.0192. The number of ether oxygens (including phenoxy) is 4. The summed E-state index contributed by atoms with van der Waals surface area (Å²) in [4.78, 5) is 24.6. The number of aromatic nitrogens is 1. The van der Waals surface area contributed by atoms with Crippen LogP contribution >= 0.6 is 0 Å². The number of fused-ring (bicyclic) bond motifs is 1. The van der Waals surface area contributed by atoms with Gasteiger partial charge in [-0.3, -0.25) is 4.79 Å². The van der Waals surface area contributed by atoms with Gasteiger partial charge in [-0.05, 0) is 49.6 Å². The lowest BCUT2D eigenvalue weighted by atomic mass is 10.2. The molecule has 7 heteroatoms. The second kappa shape index (κ2) is 9.82. The molecule has 0 saturated carbocycles. The molecule has 2 aromatic rings. The topological polar surface area (TPSA) is 76.0 Å². The Labute approximate surface area is 169 Å². The number of pyridine rings is 1. The molecule has 0 amide bonds. The Morgan fingerprint density at radius 3 is 2.66 bits per heavy atom. The van der Waals surface area contributed by atoms with E-state index in [-0.39, 0.29) is 36.9 Å². The molecule has 0 bridgehead atoms. The number of carbonyl (C=O) groups is 1. The van der Waals surface area contributed by atoms with Gasteiger partial charge >= 0.3 is 5.97 Å². The predicted molar refractivity (Wildman–Crippen MR) is 107 cm³/mol. The maximum Gasteiger partial charge on any atom is 0.373 e. The Kier molecular flexibility index (Phi) is 6.94. The molecule has 1 aliphatic heterocycles. The molecule has 0 atom stereocenters. The Morgan fingerprint density at radius 1 is 1.14 bits per heavy atom. The molecule has 154 valence electrons. The minimum Gasteiger partial charge on any atom is -0.497 e. The zero-order chi connectivity index (χ0) is 20.6. The van der Waals surface area contributed by atoms with Gasteiger partial charge in [0.15, 0.2) is 5.75 Å². The molecule has 0 radical (unpaired) electrons. The van der Waals surface area contributed by atoms with Crippen LogP contribution in [0.15, 0.2) is 53.0 Å². The van der Waals surface area contributed by atoms with Crippen molar-refractivity contribution >= 4 is 5.97 Å². The molecule has 0 spiro atoms. The van der Waals surface area contributed by atoms with Gasteiger partial charge in [-0.15, -0.1) is 0 Å². The molecule has 1 aliphatic rings. The lowest BCUT2D eigenvalue weighted by Crippen LogP contribution is -2.21. The van der Waals surface area contributed by atoms with E-state index in [0.717, 1.165) is 29.8 Å². The van der Waals surface area contributed by atoms with Crippen molar-refractivity contribution in [3.63, 3.8) is 0 Å². The summed E-state index contributed by atoms with van der Waals surface area (Å²) in [5.41, 5.74) is 1.75. The summed E-state index contributed by atoms with van der Waals surface area (Å²) in [6, 6.07) is 10.9. The van der Waals surface area contributed by atoms with Crippen molar-refractivity contribution in [2.75, 3.05) is 20.3 Å². The monoisotopic (exact) mass is 399 g/mol. The average molecular weight is 399 g/mol. The van der Waals surface area contributed by atoms with E-state index in [0.29, 0.717) is 6.54 Å². The van der Waals surface area contributed by atoms with Crippen LogP contribution in [-0.2, 0) is 33.8 Å². The van der Waals surface area contributed by atoms with Crippen molar-refractivity contribution in [1.29, 1.82) is 0 Å². The van der Waals surface area contributed by atoms with Crippen molar-refractivity contribution < 1.29 is 23.7 Å². The minimum atomic E-state index is -0.574. The van der Waals surface area contributed by atoms with E-state index >= 15 is 0 Å². The molecular weight excluding hydrogens is 374 g/mol. The molecule has 29 heavy (non-hydrogen) atoms. The van der Waals surface area contributed by atoms with Gasteiger partial charge in [0.1, 0.15) is 19.0 Å². The Balaban J connectivity index is 1.65. The third kappa shape index (κ3) is 5.19. The fourth-order valence-electron chi connectivity index (χ4n) is 3.08. The van der Waals surface area contributed by atoms with E-state index < -0.39 is 5.97 Å². The second-order valence-corrected chi connectivity index (χ2v) is 6.49. The first-order valence-electron chi connectivity index (χ1n) is 9.61. The highest BCUT2D eigenvalue weighted by Crippen LogP contribution is 2.16. The number of aryl methyl sites for hydroxylation is 1. The number of rotatable bonds is 9. The first kappa shape index (κ1) is 20.5. The first-order valence-corrected chi connectivity index (χ1v) is 9.61. The SMILES string of the molecule is CCOC(=O)/C(=C\COc1ccc2n(c1=O)CCC2)OCc1ccc(OC)cc1. The first-order chi connectivity index (χ1) is 14.1. The average Bonchev–Trinajstić information content (AvgIpc) is 3.22. The Morgan fingerprint density at radius 2 is 1.93 bits per heavy atom. The molecule has 0 unspecified atom stereocenters. The lowest BCUT2D eigenvalue weighted by molar-refractivity contribution is -0.142. The summed E-state index contributed by atoms with van der Waals surface area (Å²) in [5, 5.41) is 0. The highest BCUT2D eigenvalue weighted by atomic mass is 16.6. The van der Waals surface area contributed by atoms with E-state index in [9.17, 15) is 9.59 Å². The maximum atomic E-state index is 12.4. The van der Waals surface area contributed by atoms with Crippen LogP contribution in [0.3, 0.4) is 0 Å². The van der Waals surface area contributed by atoms with Crippen molar-refractivity contribution in [2.24, 2.45) is 0 Å². The van der Waals surface area contributed by atoms with Gasteiger partial charge in [-0.25, -0.2) is 4.79 Å². The Bertz CT molecular complexity index is 929. The predicted octanol–water partition coefficient (Wildman–Crippen LogP) is 2.85. The number of benzene rings is 1. The highest BCUT2D eigenvalue weighted by molar-refractivity contribution is 5.86. The molecule has 0 fully saturated rings. The third-order valence-electron chi connectivity index (χ3n) is 4.58. The van der Waals surface area contributed by atoms with E-state index in [1.807, 2.05) is 30.3 Å². The number of carbonyl (C=O) groups excluding carboxylic acids is 1. The fourth-order valence-corrected chi connectivity index (χ4v) is 3.08. The molecular formula is C22H25NO6. The van der Waals surface area contributed by atoms with Gasteiger partial charge in [0, 0.05) is 18.3 Å². The van der Waals surface area contributed by atoms with Crippen molar-refractivity contribution in [3.8, 4) is 11.5 Å². The van der Waals surface area contributed by atoms with Crippen LogP contribution < -0.4 is 15.0 Å². The maximum absolute atomic E-state index is 12.4. The molecule has 2 heterocycles. The molecule has 0 saturated heterocycles. The zero-order valence-electron chi connectivity index (χ0n) is 16.7. The quantitative estimate of drug-likeness (QED) is 0.367. The van der Waals surface area contributed by atoms with E-state index in [1.165, 1.54) is 6.08 Å². The second-order valence-electron chi connectivity index (χ2n) is 6.49. The van der Waals surface area contributed by atoms with E-state index in [4.69, 9.17) is 18.9 Å². The fraction of sp³-hybridized carbons (Fsp3) is 0.364. The summed E-state index contributed by atoms with van der Waals surface area (Å²) < 4.78 is 23.1. The summed E-state index contributed by atoms with van der Waals surface area (Å²) in [6.07, 6.45) is 3.35. The molecule has 3 rings (SSSR count).